The zero-order chi connectivity index (χ0) is 11.2. The first-order valence-corrected chi connectivity index (χ1v) is 6.69. The maximum absolute atomic E-state index is 10.8. The Labute approximate surface area is 82.1 Å². The Kier molecular flexibility index (Phi) is 5.50. The maximum atomic E-state index is 10.8. The lowest BCUT2D eigenvalue weighted by molar-refractivity contribution is 0.285. The van der Waals surface area contributed by atoms with Crippen LogP contribution in [0.1, 0.15) is 0 Å². The molecule has 9 heteroatoms. The van der Waals surface area contributed by atoms with Gasteiger partial charge in [-0.1, -0.05) is 6.08 Å². The van der Waals surface area contributed by atoms with E-state index < -0.39 is 23.7 Å². The van der Waals surface area contributed by atoms with Crippen LogP contribution >= 0.6 is 7.82 Å². The van der Waals surface area contributed by atoms with E-state index in [1.165, 1.54) is 6.08 Å². The molecule has 0 heterocycles. The van der Waals surface area contributed by atoms with E-state index in [0.717, 1.165) is 0 Å². The maximum Gasteiger partial charge on any atom is 0.484 e. The second kappa shape index (κ2) is 5.59. The summed E-state index contributed by atoms with van der Waals surface area (Å²) in [6.45, 7) is 3.83. The van der Waals surface area contributed by atoms with Gasteiger partial charge in [0.05, 0.1) is 5.75 Å². The van der Waals surface area contributed by atoms with Crippen LogP contribution in [0.2, 0.25) is 0 Å². The number of hydrogen-bond acceptors (Lipinski definition) is 5. The molecule has 0 fully saturated rings. The second-order valence-corrected chi connectivity index (χ2v) is 5.42. The average molecular weight is 245 g/mol. The third-order valence-electron chi connectivity index (χ3n) is 1.03. The zero-order valence-electron chi connectivity index (χ0n) is 7.29. The number of phosphoric acid groups is 1. The van der Waals surface area contributed by atoms with Gasteiger partial charge in [-0.2, -0.15) is 12.4 Å². The highest BCUT2D eigenvalue weighted by molar-refractivity contribution is 7.90. The first kappa shape index (κ1) is 13.8. The molecule has 0 aliphatic carbocycles. The van der Waals surface area contributed by atoms with Crippen molar-refractivity contribution in [2.45, 2.75) is 0 Å². The van der Waals surface area contributed by atoms with Crippen molar-refractivity contribution < 1.29 is 26.7 Å². The average Bonchev–Trinajstić information content (AvgIpc) is 1.93. The van der Waals surface area contributed by atoms with Gasteiger partial charge in [0.25, 0.3) is 10.1 Å². The third kappa shape index (κ3) is 8.36. The van der Waals surface area contributed by atoms with E-state index >= 15 is 0 Å². The predicted molar refractivity (Wildman–Crippen MR) is 50.0 cm³/mol. The van der Waals surface area contributed by atoms with Crippen molar-refractivity contribution >= 4 is 17.9 Å². The van der Waals surface area contributed by atoms with Crippen molar-refractivity contribution in [3.63, 3.8) is 0 Å². The van der Waals surface area contributed by atoms with Crippen LogP contribution in [0.15, 0.2) is 12.7 Å². The SMILES string of the molecule is C=CCNCCS(=O)(=O)OP(=O)(O)O. The molecule has 84 valence electrons. The molecule has 7 nitrogen and oxygen atoms in total. The number of hydrogen-bond donors (Lipinski definition) is 3. The van der Waals surface area contributed by atoms with Gasteiger partial charge in [0.2, 0.25) is 0 Å². The molecule has 14 heavy (non-hydrogen) atoms. The van der Waals surface area contributed by atoms with Crippen molar-refractivity contribution in [3.8, 4) is 0 Å². The smallest absolute Gasteiger partial charge is 0.312 e. The molecule has 0 aliphatic rings. The molecule has 0 aromatic carbocycles. The lowest BCUT2D eigenvalue weighted by Crippen LogP contribution is -2.23. The fourth-order valence-electron chi connectivity index (χ4n) is 0.586. The molecular weight excluding hydrogens is 233 g/mol. The lowest BCUT2D eigenvalue weighted by atomic mass is 10.6. The molecule has 0 aliphatic heterocycles. The summed E-state index contributed by atoms with van der Waals surface area (Å²) < 4.78 is 35.4. The van der Waals surface area contributed by atoms with Crippen LogP contribution in [0, 0.1) is 0 Å². The van der Waals surface area contributed by atoms with E-state index in [1.807, 2.05) is 0 Å². The van der Waals surface area contributed by atoms with Gasteiger partial charge < -0.3 is 15.1 Å². The second-order valence-electron chi connectivity index (χ2n) is 2.32. The monoisotopic (exact) mass is 245 g/mol. The highest BCUT2D eigenvalue weighted by atomic mass is 32.2. The van der Waals surface area contributed by atoms with Gasteiger partial charge in [-0.3, -0.25) is 0 Å². The van der Waals surface area contributed by atoms with Crippen LogP contribution in [-0.2, 0) is 18.7 Å². The molecule has 0 amide bonds. The summed E-state index contributed by atoms with van der Waals surface area (Å²) in [6.07, 6.45) is 1.52. The van der Waals surface area contributed by atoms with Gasteiger partial charge in [-0.15, -0.1) is 6.58 Å². The van der Waals surface area contributed by atoms with E-state index in [1.54, 1.807) is 0 Å². The standard InChI is InChI=1S/C5H12NO6PS/c1-2-3-6-4-5-14(10,11)12-13(7,8)9/h2,6H,1,3-5H2,(H2,7,8,9). The summed E-state index contributed by atoms with van der Waals surface area (Å²) in [6, 6.07) is 0. The molecular formula is C5H12NO6PS. The Bertz CT molecular complexity index is 319. The number of nitrogens with one attached hydrogen (secondary N) is 1. The largest absolute Gasteiger partial charge is 0.484 e. The summed E-state index contributed by atoms with van der Waals surface area (Å²) in [7, 11) is -9.16. The van der Waals surface area contributed by atoms with Gasteiger partial charge >= 0.3 is 7.82 Å². The van der Waals surface area contributed by atoms with Gasteiger partial charge in [0.15, 0.2) is 0 Å². The van der Waals surface area contributed by atoms with Crippen LogP contribution in [-0.4, -0.2) is 37.0 Å². The molecule has 0 spiro atoms. The quantitative estimate of drug-likeness (QED) is 0.306. The highest BCUT2D eigenvalue weighted by Gasteiger charge is 2.24. The molecule has 0 radical (unpaired) electrons. The van der Waals surface area contributed by atoms with Gasteiger partial charge in [0, 0.05) is 13.1 Å². The zero-order valence-corrected chi connectivity index (χ0v) is 9.00. The van der Waals surface area contributed by atoms with E-state index in [9.17, 15) is 13.0 Å². The van der Waals surface area contributed by atoms with Gasteiger partial charge in [-0.25, -0.2) is 4.57 Å². The van der Waals surface area contributed by atoms with Crippen LogP contribution in [0.5, 0.6) is 0 Å². The minimum Gasteiger partial charge on any atom is -0.312 e. The van der Waals surface area contributed by atoms with Crippen LogP contribution in [0.3, 0.4) is 0 Å². The third-order valence-corrected chi connectivity index (χ3v) is 3.42. The Balaban J connectivity index is 3.97. The summed E-state index contributed by atoms with van der Waals surface area (Å²) >= 11 is 0. The molecule has 3 N–H and O–H groups in total. The number of rotatable bonds is 7. The highest BCUT2D eigenvalue weighted by Crippen LogP contribution is 2.38. The molecule has 0 aromatic rings. The Morgan fingerprint density at radius 2 is 2.07 bits per heavy atom. The molecule has 0 saturated carbocycles. The van der Waals surface area contributed by atoms with E-state index in [2.05, 4.69) is 15.9 Å². The van der Waals surface area contributed by atoms with Crippen LogP contribution in [0.25, 0.3) is 0 Å². The van der Waals surface area contributed by atoms with Crippen molar-refractivity contribution in [1.29, 1.82) is 0 Å². The van der Waals surface area contributed by atoms with E-state index in [-0.39, 0.29) is 6.54 Å². The first-order valence-electron chi connectivity index (χ1n) is 3.58. The fraction of sp³-hybridized carbons (Fsp3) is 0.600. The van der Waals surface area contributed by atoms with Crippen molar-refractivity contribution in [1.82, 2.24) is 5.32 Å². The summed E-state index contributed by atoms with van der Waals surface area (Å²) in [4.78, 5) is 16.5. The van der Waals surface area contributed by atoms with Crippen LogP contribution in [0.4, 0.5) is 0 Å². The molecule has 0 saturated heterocycles. The molecule has 0 unspecified atom stereocenters. The van der Waals surface area contributed by atoms with E-state index in [0.29, 0.717) is 6.54 Å². The van der Waals surface area contributed by atoms with Crippen LogP contribution < -0.4 is 5.32 Å². The van der Waals surface area contributed by atoms with E-state index in [4.69, 9.17) is 9.79 Å². The molecule has 0 bridgehead atoms. The van der Waals surface area contributed by atoms with Crippen molar-refractivity contribution in [3.05, 3.63) is 12.7 Å². The lowest BCUT2D eigenvalue weighted by Gasteiger charge is -2.05. The Morgan fingerprint density at radius 3 is 2.50 bits per heavy atom. The van der Waals surface area contributed by atoms with Crippen molar-refractivity contribution in [2.75, 3.05) is 18.8 Å². The molecule has 0 rings (SSSR count). The topological polar surface area (TPSA) is 113 Å². The normalized spacial score (nSPS) is 12.7. The predicted octanol–water partition coefficient (Wildman–Crippen LogP) is -0.799. The Morgan fingerprint density at radius 1 is 1.50 bits per heavy atom. The molecule has 0 aromatic heterocycles. The minimum absolute atomic E-state index is 0.0361. The van der Waals surface area contributed by atoms with Gasteiger partial charge in [0.1, 0.15) is 0 Å². The fourth-order valence-corrected chi connectivity index (χ4v) is 2.46. The van der Waals surface area contributed by atoms with Gasteiger partial charge in [-0.05, 0) is 0 Å². The summed E-state index contributed by atoms with van der Waals surface area (Å²) in [5.74, 6) is -0.508. The molecule has 0 atom stereocenters. The Hall–Kier alpha value is -0.240. The van der Waals surface area contributed by atoms with Crippen molar-refractivity contribution in [2.24, 2.45) is 0 Å². The summed E-state index contributed by atoms with van der Waals surface area (Å²) in [5.41, 5.74) is 0. The summed E-state index contributed by atoms with van der Waals surface area (Å²) in [5, 5.41) is 2.65. The first-order chi connectivity index (χ1) is 6.27. The minimum atomic E-state index is -4.98.